The summed E-state index contributed by atoms with van der Waals surface area (Å²) >= 11 is 1.80. The molecule has 206 valence electrons. The second kappa shape index (κ2) is 15.4. The van der Waals surface area contributed by atoms with E-state index in [1.807, 2.05) is 44.2 Å². The third-order valence-electron chi connectivity index (χ3n) is 6.80. The molecule has 2 aliphatic rings. The molecule has 0 aromatic heterocycles. The van der Waals surface area contributed by atoms with Gasteiger partial charge in [-0.05, 0) is 54.9 Å². The van der Waals surface area contributed by atoms with Crippen molar-refractivity contribution in [2.24, 2.45) is 0 Å². The van der Waals surface area contributed by atoms with Crippen LogP contribution in [0.25, 0.3) is 0 Å². The van der Waals surface area contributed by atoms with Gasteiger partial charge in [-0.1, -0.05) is 85.0 Å². The number of hydrogen-bond acceptors (Lipinski definition) is 6. The minimum absolute atomic E-state index is 0.167. The number of rotatable bonds is 14. The van der Waals surface area contributed by atoms with E-state index >= 15 is 0 Å². The first kappa shape index (κ1) is 28.8. The maximum absolute atomic E-state index is 12.8. The zero-order valence-corrected chi connectivity index (χ0v) is 23.9. The molecule has 1 heterocycles. The van der Waals surface area contributed by atoms with Crippen LogP contribution in [-0.4, -0.2) is 41.6 Å². The van der Waals surface area contributed by atoms with Crippen LogP contribution < -0.4 is 4.74 Å². The second-order valence-electron chi connectivity index (χ2n) is 9.77. The predicted molar refractivity (Wildman–Crippen MR) is 161 cm³/mol. The van der Waals surface area contributed by atoms with E-state index in [2.05, 4.69) is 70.1 Å². The molecule has 2 aromatic carbocycles. The molecule has 39 heavy (non-hydrogen) atoms. The van der Waals surface area contributed by atoms with Crippen LogP contribution in [0.4, 0.5) is 0 Å². The van der Waals surface area contributed by atoms with Crippen molar-refractivity contribution in [3.05, 3.63) is 112 Å². The first-order chi connectivity index (χ1) is 19.1. The molecule has 5 nitrogen and oxygen atoms in total. The van der Waals surface area contributed by atoms with Crippen LogP contribution >= 0.6 is 11.8 Å². The Hall–Kier alpha value is -3.22. The SMILES string of the molecule is CCOC(=O)C(CC)N(Cc1ccccc1)Cc1cccc(OCCN2C=CSC(CC3=CC=CCC3)=C2)c1. The standard InChI is InChI=1S/C33H40N2O3S/c1-3-32(33(36)37-4-2)35(24-28-14-9-6-10-15-28)25-29-16-11-17-30(22-29)38-20-18-34-19-21-39-31(26-34)23-27-12-7-5-8-13-27/h5-7,9-12,14-17,19,21-22,26,32H,3-4,8,13,18,20,23-25H2,1-2H3. The Morgan fingerprint density at radius 3 is 2.67 bits per heavy atom. The molecule has 0 N–H and O–H groups in total. The number of thioether (sulfide) groups is 1. The van der Waals surface area contributed by atoms with E-state index in [0.29, 0.717) is 32.7 Å². The van der Waals surface area contributed by atoms with Gasteiger partial charge in [0.2, 0.25) is 0 Å². The summed E-state index contributed by atoms with van der Waals surface area (Å²) in [5.41, 5.74) is 3.77. The summed E-state index contributed by atoms with van der Waals surface area (Å²) < 4.78 is 11.6. The quantitative estimate of drug-likeness (QED) is 0.230. The van der Waals surface area contributed by atoms with Gasteiger partial charge in [-0.25, -0.2) is 0 Å². The van der Waals surface area contributed by atoms with Gasteiger partial charge in [0.1, 0.15) is 18.4 Å². The van der Waals surface area contributed by atoms with E-state index in [1.165, 1.54) is 16.0 Å². The van der Waals surface area contributed by atoms with Gasteiger partial charge in [0, 0.05) is 36.8 Å². The summed E-state index contributed by atoms with van der Waals surface area (Å²) in [6.45, 7) is 6.95. The predicted octanol–water partition coefficient (Wildman–Crippen LogP) is 7.44. The normalized spacial score (nSPS) is 15.6. The van der Waals surface area contributed by atoms with Crippen molar-refractivity contribution < 1.29 is 14.3 Å². The third kappa shape index (κ3) is 9.19. The van der Waals surface area contributed by atoms with Crippen molar-refractivity contribution in [3.8, 4) is 5.75 Å². The van der Waals surface area contributed by atoms with Gasteiger partial charge < -0.3 is 14.4 Å². The molecule has 0 bridgehead atoms. The van der Waals surface area contributed by atoms with Crippen LogP contribution in [0.5, 0.6) is 5.75 Å². The van der Waals surface area contributed by atoms with Gasteiger partial charge in [0.05, 0.1) is 13.2 Å². The van der Waals surface area contributed by atoms with Crippen LogP contribution in [0.3, 0.4) is 0 Å². The van der Waals surface area contributed by atoms with Gasteiger partial charge in [-0.15, -0.1) is 0 Å². The molecule has 0 spiro atoms. The largest absolute Gasteiger partial charge is 0.492 e. The Kier molecular flexibility index (Phi) is 11.4. The zero-order chi connectivity index (χ0) is 27.3. The Morgan fingerprint density at radius 2 is 1.90 bits per heavy atom. The Labute approximate surface area is 237 Å². The average molecular weight is 545 g/mol. The molecule has 1 unspecified atom stereocenters. The molecule has 1 aliphatic heterocycles. The van der Waals surface area contributed by atoms with Crippen molar-refractivity contribution >= 4 is 17.7 Å². The molecular formula is C33H40N2O3S. The third-order valence-corrected chi connectivity index (χ3v) is 7.61. The Morgan fingerprint density at radius 1 is 1.08 bits per heavy atom. The fourth-order valence-corrected chi connectivity index (χ4v) is 5.70. The van der Waals surface area contributed by atoms with Crippen molar-refractivity contribution in [2.45, 2.75) is 58.7 Å². The molecule has 1 aliphatic carbocycles. The highest BCUT2D eigenvalue weighted by Crippen LogP contribution is 2.31. The Balaban J connectivity index is 1.36. The maximum atomic E-state index is 12.8. The van der Waals surface area contributed by atoms with E-state index in [4.69, 9.17) is 9.47 Å². The lowest BCUT2D eigenvalue weighted by molar-refractivity contribution is -0.150. The molecule has 0 fully saturated rings. The van der Waals surface area contributed by atoms with E-state index in [9.17, 15) is 4.79 Å². The highest BCUT2D eigenvalue weighted by molar-refractivity contribution is 8.05. The summed E-state index contributed by atoms with van der Waals surface area (Å²) in [6.07, 6.45) is 15.0. The Bertz CT molecular complexity index is 1190. The lowest BCUT2D eigenvalue weighted by Gasteiger charge is -2.29. The second-order valence-corrected chi connectivity index (χ2v) is 10.8. The van der Waals surface area contributed by atoms with Crippen LogP contribution in [0.15, 0.2) is 101 Å². The van der Waals surface area contributed by atoms with Crippen LogP contribution in [-0.2, 0) is 22.6 Å². The zero-order valence-electron chi connectivity index (χ0n) is 23.1. The fraction of sp³-hybridized carbons (Fsp3) is 0.364. The molecule has 6 heteroatoms. The van der Waals surface area contributed by atoms with Gasteiger partial charge in [0.25, 0.3) is 0 Å². The van der Waals surface area contributed by atoms with Gasteiger partial charge in [-0.2, -0.15) is 0 Å². The highest BCUT2D eigenvalue weighted by atomic mass is 32.2. The minimum atomic E-state index is -0.306. The lowest BCUT2D eigenvalue weighted by atomic mass is 10.0. The molecule has 0 radical (unpaired) electrons. The summed E-state index contributed by atoms with van der Waals surface area (Å²) in [7, 11) is 0. The lowest BCUT2D eigenvalue weighted by Crippen LogP contribution is -2.41. The first-order valence-electron chi connectivity index (χ1n) is 13.9. The molecule has 0 saturated carbocycles. The van der Waals surface area contributed by atoms with Gasteiger partial charge in [0.15, 0.2) is 0 Å². The molecule has 1 atom stereocenters. The van der Waals surface area contributed by atoms with Crippen molar-refractivity contribution in [3.63, 3.8) is 0 Å². The summed E-state index contributed by atoms with van der Waals surface area (Å²) in [6, 6.07) is 18.2. The minimum Gasteiger partial charge on any atom is -0.492 e. The molecule has 0 saturated heterocycles. The van der Waals surface area contributed by atoms with E-state index in [0.717, 1.165) is 37.1 Å². The smallest absolute Gasteiger partial charge is 0.323 e. The number of carbonyl (C=O) groups is 1. The van der Waals surface area contributed by atoms with Crippen LogP contribution in [0, 0.1) is 0 Å². The van der Waals surface area contributed by atoms with E-state index in [1.54, 1.807) is 11.8 Å². The molecule has 0 amide bonds. The number of benzene rings is 2. The highest BCUT2D eigenvalue weighted by Gasteiger charge is 2.26. The molecular weight excluding hydrogens is 504 g/mol. The fourth-order valence-electron chi connectivity index (χ4n) is 4.85. The van der Waals surface area contributed by atoms with E-state index < -0.39 is 0 Å². The van der Waals surface area contributed by atoms with E-state index in [-0.39, 0.29) is 12.0 Å². The number of carbonyl (C=O) groups excluding carboxylic acids is 1. The number of esters is 1. The van der Waals surface area contributed by atoms with Crippen molar-refractivity contribution in [2.75, 3.05) is 19.8 Å². The maximum Gasteiger partial charge on any atom is 0.323 e. The van der Waals surface area contributed by atoms with Crippen molar-refractivity contribution in [1.29, 1.82) is 0 Å². The first-order valence-corrected chi connectivity index (χ1v) is 14.8. The summed E-state index contributed by atoms with van der Waals surface area (Å²) in [5, 5.41) is 2.16. The van der Waals surface area contributed by atoms with Crippen LogP contribution in [0.1, 0.15) is 50.7 Å². The van der Waals surface area contributed by atoms with Gasteiger partial charge in [-0.3, -0.25) is 9.69 Å². The number of nitrogens with zero attached hydrogens (tertiary/aromatic N) is 2. The topological polar surface area (TPSA) is 42.0 Å². The molecule has 2 aromatic rings. The number of hydrogen-bond donors (Lipinski definition) is 0. The summed E-state index contributed by atoms with van der Waals surface area (Å²) in [4.78, 5) is 18.6. The monoisotopic (exact) mass is 544 g/mol. The molecule has 4 rings (SSSR count). The number of ether oxygens (including phenoxy) is 2. The van der Waals surface area contributed by atoms with Crippen LogP contribution in [0.2, 0.25) is 0 Å². The average Bonchev–Trinajstić information content (AvgIpc) is 2.95. The van der Waals surface area contributed by atoms with Crippen molar-refractivity contribution in [1.82, 2.24) is 9.80 Å². The van der Waals surface area contributed by atoms with Gasteiger partial charge >= 0.3 is 5.97 Å². The number of allylic oxidation sites excluding steroid dienone is 5. The summed E-state index contributed by atoms with van der Waals surface area (Å²) in [5.74, 6) is 0.676.